The Kier molecular flexibility index (Phi) is 3.14. The number of piperazine rings is 1. The van der Waals surface area contributed by atoms with Crippen molar-refractivity contribution in [2.75, 3.05) is 36.0 Å². The van der Waals surface area contributed by atoms with Crippen LogP contribution in [0.15, 0.2) is 12.3 Å². The molecule has 0 saturated carbocycles. The van der Waals surface area contributed by atoms with E-state index in [1.54, 1.807) is 11.8 Å². The van der Waals surface area contributed by atoms with E-state index in [0.717, 1.165) is 38.4 Å². The SMILES string of the molecule is CC(=O)N1CCc2c(N3CCN[C@@H](C)C3)ccnc21. The second-order valence-electron chi connectivity index (χ2n) is 5.35. The van der Waals surface area contributed by atoms with Gasteiger partial charge in [-0.05, 0) is 19.4 Å². The van der Waals surface area contributed by atoms with Gasteiger partial charge in [0.25, 0.3) is 0 Å². The average molecular weight is 260 g/mol. The number of nitrogens with zero attached hydrogens (tertiary/aromatic N) is 3. The molecule has 5 nitrogen and oxygen atoms in total. The Hall–Kier alpha value is -1.62. The van der Waals surface area contributed by atoms with E-state index < -0.39 is 0 Å². The van der Waals surface area contributed by atoms with Crippen LogP contribution in [0.4, 0.5) is 11.5 Å². The van der Waals surface area contributed by atoms with Gasteiger partial charge in [0.2, 0.25) is 5.91 Å². The molecule has 102 valence electrons. The fraction of sp³-hybridized carbons (Fsp3) is 0.571. The van der Waals surface area contributed by atoms with Crippen LogP contribution >= 0.6 is 0 Å². The van der Waals surface area contributed by atoms with Gasteiger partial charge in [-0.3, -0.25) is 9.69 Å². The molecule has 1 fully saturated rings. The number of anilines is 2. The number of nitrogens with one attached hydrogen (secondary N) is 1. The molecular formula is C14H20N4O. The van der Waals surface area contributed by atoms with Gasteiger partial charge in [-0.15, -0.1) is 0 Å². The van der Waals surface area contributed by atoms with Gasteiger partial charge in [-0.2, -0.15) is 0 Å². The van der Waals surface area contributed by atoms with Crippen LogP contribution < -0.4 is 15.1 Å². The summed E-state index contributed by atoms with van der Waals surface area (Å²) in [4.78, 5) is 20.2. The predicted octanol–water partition coefficient (Wildman–Crippen LogP) is 0.789. The molecule has 1 amide bonds. The lowest BCUT2D eigenvalue weighted by Crippen LogP contribution is -2.49. The van der Waals surface area contributed by atoms with Crippen molar-refractivity contribution in [1.82, 2.24) is 10.3 Å². The number of carbonyl (C=O) groups excluding carboxylic acids is 1. The number of rotatable bonds is 1. The molecule has 2 aliphatic rings. The van der Waals surface area contributed by atoms with Gasteiger partial charge in [0, 0.05) is 56.6 Å². The van der Waals surface area contributed by atoms with E-state index >= 15 is 0 Å². The summed E-state index contributed by atoms with van der Waals surface area (Å²) in [5, 5.41) is 3.45. The summed E-state index contributed by atoms with van der Waals surface area (Å²) in [6.45, 7) is 7.61. The monoisotopic (exact) mass is 260 g/mol. The summed E-state index contributed by atoms with van der Waals surface area (Å²) in [5.41, 5.74) is 2.48. The lowest BCUT2D eigenvalue weighted by atomic mass is 10.1. The summed E-state index contributed by atoms with van der Waals surface area (Å²) in [6.07, 6.45) is 2.73. The zero-order valence-corrected chi connectivity index (χ0v) is 11.5. The molecular weight excluding hydrogens is 240 g/mol. The second kappa shape index (κ2) is 4.81. The highest BCUT2D eigenvalue weighted by molar-refractivity contribution is 5.93. The lowest BCUT2D eigenvalue weighted by Gasteiger charge is -2.34. The molecule has 1 aromatic heterocycles. The first-order valence-electron chi connectivity index (χ1n) is 6.91. The van der Waals surface area contributed by atoms with Crippen molar-refractivity contribution in [3.63, 3.8) is 0 Å². The third kappa shape index (κ3) is 2.18. The molecule has 2 aliphatic heterocycles. The molecule has 5 heteroatoms. The Morgan fingerprint density at radius 1 is 1.47 bits per heavy atom. The van der Waals surface area contributed by atoms with E-state index in [1.165, 1.54) is 11.3 Å². The van der Waals surface area contributed by atoms with Gasteiger partial charge in [-0.1, -0.05) is 0 Å². The normalized spacial score (nSPS) is 22.5. The zero-order valence-electron chi connectivity index (χ0n) is 11.5. The quantitative estimate of drug-likeness (QED) is 0.811. The third-order valence-corrected chi connectivity index (χ3v) is 3.94. The standard InChI is InChI=1S/C14H20N4O/c1-10-9-17(8-6-15-10)13-3-5-16-14-12(13)4-7-18(14)11(2)19/h3,5,10,15H,4,6-9H2,1-2H3/t10-/m0/s1. The molecule has 3 rings (SSSR count). The number of hydrogen-bond acceptors (Lipinski definition) is 4. The highest BCUT2D eigenvalue weighted by Gasteiger charge is 2.28. The summed E-state index contributed by atoms with van der Waals surface area (Å²) in [7, 11) is 0. The summed E-state index contributed by atoms with van der Waals surface area (Å²) >= 11 is 0. The molecule has 1 atom stereocenters. The Morgan fingerprint density at radius 2 is 2.32 bits per heavy atom. The lowest BCUT2D eigenvalue weighted by molar-refractivity contribution is -0.116. The Morgan fingerprint density at radius 3 is 3.05 bits per heavy atom. The molecule has 0 unspecified atom stereocenters. The molecule has 0 bridgehead atoms. The van der Waals surface area contributed by atoms with E-state index in [2.05, 4.69) is 28.2 Å². The first-order chi connectivity index (χ1) is 9.16. The summed E-state index contributed by atoms with van der Waals surface area (Å²) < 4.78 is 0. The van der Waals surface area contributed by atoms with Crippen molar-refractivity contribution < 1.29 is 4.79 Å². The number of amides is 1. The van der Waals surface area contributed by atoms with Crippen molar-refractivity contribution in [3.05, 3.63) is 17.8 Å². The molecule has 3 heterocycles. The van der Waals surface area contributed by atoms with Crippen molar-refractivity contribution in [1.29, 1.82) is 0 Å². The molecule has 19 heavy (non-hydrogen) atoms. The van der Waals surface area contributed by atoms with Gasteiger partial charge in [0.15, 0.2) is 0 Å². The minimum absolute atomic E-state index is 0.0806. The highest BCUT2D eigenvalue weighted by Crippen LogP contribution is 2.34. The number of carbonyl (C=O) groups is 1. The van der Waals surface area contributed by atoms with Crippen molar-refractivity contribution in [2.24, 2.45) is 0 Å². The Bertz CT molecular complexity index is 502. The molecule has 0 radical (unpaired) electrons. The molecule has 0 aliphatic carbocycles. The maximum Gasteiger partial charge on any atom is 0.225 e. The molecule has 0 aromatic carbocycles. The second-order valence-corrected chi connectivity index (χ2v) is 5.35. The average Bonchev–Trinajstić information content (AvgIpc) is 2.82. The van der Waals surface area contributed by atoms with Crippen molar-refractivity contribution >= 4 is 17.4 Å². The van der Waals surface area contributed by atoms with Crippen LogP contribution in [-0.4, -0.2) is 43.1 Å². The van der Waals surface area contributed by atoms with E-state index in [4.69, 9.17) is 0 Å². The van der Waals surface area contributed by atoms with E-state index in [0.29, 0.717) is 6.04 Å². The molecule has 1 N–H and O–H groups in total. The van der Waals surface area contributed by atoms with Crippen LogP contribution in [0.25, 0.3) is 0 Å². The van der Waals surface area contributed by atoms with Crippen LogP contribution in [-0.2, 0) is 11.2 Å². The van der Waals surface area contributed by atoms with Gasteiger partial charge in [0.05, 0.1) is 0 Å². The van der Waals surface area contributed by atoms with Crippen LogP contribution in [0.5, 0.6) is 0 Å². The van der Waals surface area contributed by atoms with Gasteiger partial charge < -0.3 is 10.2 Å². The van der Waals surface area contributed by atoms with Gasteiger partial charge >= 0.3 is 0 Å². The largest absolute Gasteiger partial charge is 0.368 e. The first-order valence-corrected chi connectivity index (χ1v) is 6.91. The van der Waals surface area contributed by atoms with E-state index in [1.807, 2.05) is 6.20 Å². The van der Waals surface area contributed by atoms with E-state index in [-0.39, 0.29) is 5.91 Å². The number of fused-ring (bicyclic) bond motifs is 1. The number of pyridine rings is 1. The first kappa shape index (κ1) is 12.4. The zero-order chi connectivity index (χ0) is 13.4. The van der Waals surface area contributed by atoms with Crippen LogP contribution in [0, 0.1) is 0 Å². The summed E-state index contributed by atoms with van der Waals surface area (Å²) in [5.74, 6) is 0.938. The maximum absolute atomic E-state index is 11.6. The molecule has 1 saturated heterocycles. The fourth-order valence-corrected chi connectivity index (χ4v) is 3.03. The summed E-state index contributed by atoms with van der Waals surface area (Å²) in [6, 6.07) is 2.59. The highest BCUT2D eigenvalue weighted by atomic mass is 16.2. The fourth-order valence-electron chi connectivity index (χ4n) is 3.03. The minimum atomic E-state index is 0.0806. The topological polar surface area (TPSA) is 48.5 Å². The Balaban J connectivity index is 1.94. The predicted molar refractivity (Wildman–Crippen MR) is 75.6 cm³/mol. The molecule has 1 aromatic rings. The van der Waals surface area contributed by atoms with Crippen LogP contribution in [0.1, 0.15) is 19.4 Å². The number of aromatic nitrogens is 1. The van der Waals surface area contributed by atoms with Gasteiger partial charge in [-0.25, -0.2) is 4.98 Å². The Labute approximate surface area is 113 Å². The van der Waals surface area contributed by atoms with E-state index in [9.17, 15) is 4.79 Å². The minimum Gasteiger partial charge on any atom is -0.368 e. The van der Waals surface area contributed by atoms with Crippen molar-refractivity contribution in [3.8, 4) is 0 Å². The van der Waals surface area contributed by atoms with Gasteiger partial charge in [0.1, 0.15) is 5.82 Å². The third-order valence-electron chi connectivity index (χ3n) is 3.94. The molecule has 0 spiro atoms. The van der Waals surface area contributed by atoms with Crippen LogP contribution in [0.3, 0.4) is 0 Å². The number of hydrogen-bond donors (Lipinski definition) is 1. The van der Waals surface area contributed by atoms with Crippen molar-refractivity contribution in [2.45, 2.75) is 26.3 Å². The van der Waals surface area contributed by atoms with Crippen LogP contribution in [0.2, 0.25) is 0 Å². The maximum atomic E-state index is 11.6. The smallest absolute Gasteiger partial charge is 0.225 e.